The fourth-order valence-electron chi connectivity index (χ4n) is 6.98. The summed E-state index contributed by atoms with van der Waals surface area (Å²) in [6.07, 6.45) is 1.03. The molecular formula is C48H58Cl2Zr-2. The van der Waals surface area contributed by atoms with Crippen molar-refractivity contribution in [2.24, 2.45) is 0 Å². The van der Waals surface area contributed by atoms with Crippen molar-refractivity contribution in [2.45, 2.75) is 120 Å². The Kier molecular flexibility index (Phi) is 15.4. The van der Waals surface area contributed by atoms with Gasteiger partial charge in [-0.1, -0.05) is 105 Å². The van der Waals surface area contributed by atoms with Crippen LogP contribution >= 0.6 is 0 Å². The Hall–Kier alpha value is -2.44. The molecule has 0 atom stereocenters. The monoisotopic (exact) mass is 794 g/mol. The SMILES string of the molecule is Cc1[c-]c2c(cc1C(C)(C)C)-c1cc(C(C)(C)C)c(C)cc1C2.Cc1ccc([C](=[Zr+2])c2ccc(C)cc2)cc1.Cc1ccc[c-]1C(C)(C)C.[Cl-].[Cl-]. The molecule has 0 N–H and O–H groups in total. The summed E-state index contributed by atoms with van der Waals surface area (Å²) in [7, 11) is 0. The van der Waals surface area contributed by atoms with Gasteiger partial charge in [0.05, 0.1) is 0 Å². The Morgan fingerprint density at radius 1 is 0.627 bits per heavy atom. The van der Waals surface area contributed by atoms with Crippen LogP contribution in [0, 0.1) is 40.7 Å². The molecule has 0 fully saturated rings. The third kappa shape index (κ3) is 11.3. The van der Waals surface area contributed by atoms with Gasteiger partial charge in [0.1, 0.15) is 0 Å². The molecule has 0 aromatic heterocycles. The van der Waals surface area contributed by atoms with Gasteiger partial charge in [0, 0.05) is 0 Å². The molecule has 0 bridgehead atoms. The second-order valence-corrected chi connectivity index (χ2v) is 18.4. The molecule has 1 aliphatic rings. The standard InChI is InChI=1S/C23H29.C15H14.C10H15.2ClH.Zr/c1-14-9-16-11-17-10-15(2)21(23(6,7)8)13-19(17)18(16)12-20(14)22(3,4)5;1-12-3-7-14(8-4-12)11-15-9-5-13(2)6-10-15;1-8-6-5-7-9(8)10(2,3)4;;;/h9,12-13H,11H2,1-8H3;3-10H,1-2H3;5-7H,1-4H3;2*1H;/q-1;;-1;;;+2/p-2. The number of benzene rings is 4. The second-order valence-electron chi connectivity index (χ2n) is 17.2. The molecule has 51 heavy (non-hydrogen) atoms. The number of hydrogen-bond acceptors (Lipinski definition) is 0. The minimum Gasteiger partial charge on any atom is -1.00 e. The first-order valence-corrected chi connectivity index (χ1v) is 19.1. The fourth-order valence-corrected chi connectivity index (χ4v) is 7.80. The van der Waals surface area contributed by atoms with E-state index < -0.39 is 0 Å². The number of aryl methyl sites for hydroxylation is 5. The summed E-state index contributed by atoms with van der Waals surface area (Å²) >= 11 is 1.46. The van der Waals surface area contributed by atoms with Gasteiger partial charge in [-0.05, 0) is 35.4 Å². The third-order valence-corrected chi connectivity index (χ3v) is 11.0. The first-order chi connectivity index (χ1) is 22.7. The zero-order valence-corrected chi connectivity index (χ0v) is 37.5. The maximum absolute atomic E-state index is 3.69. The summed E-state index contributed by atoms with van der Waals surface area (Å²) in [6.45, 7) is 31.4. The first-order valence-electron chi connectivity index (χ1n) is 17.8. The Balaban J connectivity index is 0.000000281. The topological polar surface area (TPSA) is 0 Å². The van der Waals surface area contributed by atoms with E-state index in [1.54, 1.807) is 0 Å². The minimum atomic E-state index is 0. The molecular weight excluding hydrogens is 739 g/mol. The van der Waals surface area contributed by atoms with Crippen molar-refractivity contribution in [2.75, 3.05) is 0 Å². The molecule has 0 heterocycles. The quantitative estimate of drug-likeness (QED) is 0.171. The van der Waals surface area contributed by atoms with Gasteiger partial charge < -0.3 is 24.8 Å². The van der Waals surface area contributed by atoms with Gasteiger partial charge in [0.15, 0.2) is 0 Å². The van der Waals surface area contributed by atoms with Crippen molar-refractivity contribution >= 4 is 3.21 Å². The molecule has 0 spiro atoms. The van der Waals surface area contributed by atoms with Gasteiger partial charge in [-0.25, -0.2) is 12.1 Å². The second kappa shape index (κ2) is 17.6. The zero-order chi connectivity index (χ0) is 36.5. The minimum absolute atomic E-state index is 0. The van der Waals surface area contributed by atoms with E-state index in [0.717, 1.165) is 6.42 Å². The smallest absolute Gasteiger partial charge is 0.0583 e. The van der Waals surface area contributed by atoms with Crippen LogP contribution in [-0.4, -0.2) is 3.21 Å². The maximum atomic E-state index is 3.69. The number of halogens is 2. The van der Waals surface area contributed by atoms with Crippen LogP contribution in [-0.2, 0) is 46.9 Å². The van der Waals surface area contributed by atoms with Crippen molar-refractivity contribution in [3.8, 4) is 11.1 Å². The summed E-state index contributed by atoms with van der Waals surface area (Å²) < 4.78 is 1.42. The molecule has 0 saturated carbocycles. The predicted molar refractivity (Wildman–Crippen MR) is 211 cm³/mol. The molecule has 0 amide bonds. The van der Waals surface area contributed by atoms with Gasteiger partial charge in [-0.15, -0.1) is 22.3 Å². The first kappa shape index (κ1) is 44.7. The van der Waals surface area contributed by atoms with E-state index in [1.165, 1.54) is 105 Å². The summed E-state index contributed by atoms with van der Waals surface area (Å²) in [6, 6.07) is 35.0. The summed E-state index contributed by atoms with van der Waals surface area (Å²) in [5, 5.41) is 0. The van der Waals surface area contributed by atoms with E-state index in [1.807, 2.05) is 0 Å². The third-order valence-electron chi connectivity index (χ3n) is 9.60. The van der Waals surface area contributed by atoms with Gasteiger partial charge in [-0.3, -0.25) is 0 Å². The molecule has 1 aliphatic carbocycles. The maximum Gasteiger partial charge on any atom is -0.0583 e. The fraction of sp³-hybridized carbons (Fsp3) is 0.375. The van der Waals surface area contributed by atoms with Crippen molar-refractivity contribution in [1.82, 2.24) is 0 Å². The molecule has 5 aromatic rings. The Labute approximate surface area is 338 Å². The normalized spacial score (nSPS) is 11.8. The number of rotatable bonds is 2. The molecule has 0 aliphatic heterocycles. The average molecular weight is 797 g/mol. The van der Waals surface area contributed by atoms with Crippen LogP contribution in [0.2, 0.25) is 0 Å². The molecule has 0 radical (unpaired) electrons. The van der Waals surface area contributed by atoms with E-state index in [4.69, 9.17) is 0 Å². The summed E-state index contributed by atoms with van der Waals surface area (Å²) in [4.78, 5) is 0. The van der Waals surface area contributed by atoms with Crippen molar-refractivity contribution in [1.29, 1.82) is 0 Å². The molecule has 5 aromatic carbocycles. The van der Waals surface area contributed by atoms with E-state index in [-0.39, 0.29) is 35.6 Å². The van der Waals surface area contributed by atoms with Crippen molar-refractivity contribution in [3.63, 3.8) is 0 Å². The van der Waals surface area contributed by atoms with E-state index in [2.05, 4.69) is 188 Å². The molecule has 270 valence electrons. The van der Waals surface area contributed by atoms with Crippen LogP contribution in [0.4, 0.5) is 0 Å². The van der Waals surface area contributed by atoms with E-state index >= 15 is 0 Å². The molecule has 6 rings (SSSR count). The van der Waals surface area contributed by atoms with Crippen LogP contribution in [0.25, 0.3) is 11.1 Å². The predicted octanol–water partition coefficient (Wildman–Crippen LogP) is 6.71. The van der Waals surface area contributed by atoms with Crippen molar-refractivity contribution < 1.29 is 49.0 Å². The van der Waals surface area contributed by atoms with Crippen LogP contribution in [0.5, 0.6) is 0 Å². The number of hydrogen-bond donors (Lipinski definition) is 0. The average Bonchev–Trinajstić information content (AvgIpc) is 3.58. The van der Waals surface area contributed by atoms with Crippen LogP contribution < -0.4 is 24.8 Å². The molecule has 0 unspecified atom stereocenters. The van der Waals surface area contributed by atoms with Gasteiger partial charge >= 0.3 is 112 Å². The molecule has 0 nitrogen and oxygen atoms in total. The largest absolute Gasteiger partial charge is 1.00 e. The van der Waals surface area contributed by atoms with Gasteiger partial charge in [0.2, 0.25) is 0 Å². The summed E-state index contributed by atoms with van der Waals surface area (Å²) in [5.74, 6) is 0. The van der Waals surface area contributed by atoms with E-state index in [9.17, 15) is 0 Å². The molecule has 3 heteroatoms. The van der Waals surface area contributed by atoms with Gasteiger partial charge in [0.25, 0.3) is 0 Å². The Bertz CT molecular complexity index is 1800. The Morgan fingerprint density at radius 2 is 1.10 bits per heavy atom. The van der Waals surface area contributed by atoms with Crippen LogP contribution in [0.15, 0.2) is 84.9 Å². The van der Waals surface area contributed by atoms with Crippen molar-refractivity contribution in [3.05, 3.63) is 158 Å². The zero-order valence-electron chi connectivity index (χ0n) is 33.5. The van der Waals surface area contributed by atoms with Crippen LogP contribution in [0.1, 0.15) is 129 Å². The van der Waals surface area contributed by atoms with E-state index in [0.29, 0.717) is 5.41 Å². The number of fused-ring (bicyclic) bond motifs is 3. The van der Waals surface area contributed by atoms with Gasteiger partial charge in [-0.2, -0.15) is 29.3 Å². The Morgan fingerprint density at radius 3 is 1.49 bits per heavy atom. The molecule has 0 saturated heterocycles. The van der Waals surface area contributed by atoms with Crippen LogP contribution in [0.3, 0.4) is 0 Å². The summed E-state index contributed by atoms with van der Waals surface area (Å²) in [5.41, 5.74) is 20.1.